The summed E-state index contributed by atoms with van der Waals surface area (Å²) in [7, 11) is 0. The topological polar surface area (TPSA) is 107 Å². The molecule has 0 saturated carbocycles. The number of imidazole rings is 1. The number of ketones is 1. The van der Waals surface area contributed by atoms with Gasteiger partial charge in [-0.1, -0.05) is 54.6 Å². The number of nitrogens with one attached hydrogen (secondary N) is 3. The number of fused-ring (bicyclic) bond motifs is 1. The molecule has 4 N–H and O–H groups in total. The summed E-state index contributed by atoms with van der Waals surface area (Å²) >= 11 is 0. The Labute approximate surface area is 212 Å². The van der Waals surface area contributed by atoms with Gasteiger partial charge in [-0.3, -0.25) is 9.59 Å². The molecule has 8 heteroatoms. The highest BCUT2D eigenvalue weighted by molar-refractivity contribution is 6.23. The number of benzene rings is 3. The molecule has 1 atom stereocenters. The molecule has 0 unspecified atom stereocenters. The summed E-state index contributed by atoms with van der Waals surface area (Å²) in [6.45, 7) is 0.441. The zero-order chi connectivity index (χ0) is 25.8. The number of aliphatic hydroxyl groups is 1. The fourth-order valence-electron chi connectivity index (χ4n) is 4.24. The van der Waals surface area contributed by atoms with Crippen LogP contribution in [0.25, 0.3) is 16.6 Å². The van der Waals surface area contributed by atoms with Crippen LogP contribution >= 0.6 is 0 Å². The molecule has 1 aromatic heterocycles. The zero-order valence-electron chi connectivity index (χ0n) is 19.9. The third-order valence-corrected chi connectivity index (χ3v) is 6.17. The lowest BCUT2D eigenvalue weighted by Gasteiger charge is -2.18. The Kier molecular flexibility index (Phi) is 6.91. The summed E-state index contributed by atoms with van der Waals surface area (Å²) < 4.78 is 13.2. The number of allylic oxidation sites excluding steroid dienone is 3. The number of H-pyrrole nitrogens is 1. The Morgan fingerprint density at radius 1 is 1.05 bits per heavy atom. The van der Waals surface area contributed by atoms with Gasteiger partial charge in [0, 0.05) is 25.2 Å². The maximum atomic E-state index is 13.2. The summed E-state index contributed by atoms with van der Waals surface area (Å²) in [5, 5.41) is 16.6. The molecule has 1 heterocycles. The SMILES string of the molecule is O=C1CC=CC(NC[C@@H](O)c2ccccc2)=C1c1nc2c(C(=O)NCc3ccc(F)cc3)cccc2[nH]1. The van der Waals surface area contributed by atoms with E-state index in [2.05, 4.69) is 20.6 Å². The van der Waals surface area contributed by atoms with E-state index in [9.17, 15) is 19.1 Å². The smallest absolute Gasteiger partial charge is 0.253 e. The number of halogens is 1. The van der Waals surface area contributed by atoms with Gasteiger partial charge in [-0.15, -0.1) is 0 Å². The molecule has 0 spiro atoms. The van der Waals surface area contributed by atoms with Gasteiger partial charge in [-0.25, -0.2) is 9.37 Å². The predicted molar refractivity (Wildman–Crippen MR) is 139 cm³/mol. The van der Waals surface area contributed by atoms with Gasteiger partial charge >= 0.3 is 0 Å². The minimum Gasteiger partial charge on any atom is -0.387 e. The Morgan fingerprint density at radius 2 is 1.84 bits per heavy atom. The highest BCUT2D eigenvalue weighted by Crippen LogP contribution is 2.27. The monoisotopic (exact) mass is 496 g/mol. The Hall–Kier alpha value is -4.56. The van der Waals surface area contributed by atoms with Gasteiger partial charge in [0.25, 0.3) is 5.91 Å². The first-order chi connectivity index (χ1) is 18.0. The molecule has 186 valence electrons. The number of aliphatic hydroxyl groups excluding tert-OH is 1. The van der Waals surface area contributed by atoms with Crippen LogP contribution in [-0.4, -0.2) is 33.3 Å². The van der Waals surface area contributed by atoms with Crippen LogP contribution in [0, 0.1) is 5.82 Å². The van der Waals surface area contributed by atoms with Crippen molar-refractivity contribution in [1.82, 2.24) is 20.6 Å². The maximum absolute atomic E-state index is 13.2. The van der Waals surface area contributed by atoms with Crippen molar-refractivity contribution in [2.24, 2.45) is 0 Å². The molecular weight excluding hydrogens is 471 g/mol. The Bertz CT molecular complexity index is 1510. The van der Waals surface area contributed by atoms with Crippen molar-refractivity contribution in [2.75, 3.05) is 6.54 Å². The molecule has 0 aliphatic heterocycles. The summed E-state index contributed by atoms with van der Waals surface area (Å²) in [6, 6.07) is 20.4. The quantitative estimate of drug-likeness (QED) is 0.293. The van der Waals surface area contributed by atoms with Crippen molar-refractivity contribution in [3.05, 3.63) is 119 Å². The molecular formula is C29H25FN4O3. The number of rotatable bonds is 8. The predicted octanol–water partition coefficient (Wildman–Crippen LogP) is 4.20. The second kappa shape index (κ2) is 10.6. The first-order valence-electron chi connectivity index (χ1n) is 11.9. The second-order valence-electron chi connectivity index (χ2n) is 8.72. The normalized spacial score (nSPS) is 14.2. The van der Waals surface area contributed by atoms with Crippen LogP contribution in [-0.2, 0) is 11.3 Å². The van der Waals surface area contributed by atoms with Gasteiger partial charge in [0.1, 0.15) is 17.2 Å². The van der Waals surface area contributed by atoms with Gasteiger partial charge in [0.15, 0.2) is 5.78 Å². The summed E-state index contributed by atoms with van der Waals surface area (Å²) in [5.41, 5.74) is 3.86. The zero-order valence-corrected chi connectivity index (χ0v) is 19.9. The molecule has 0 saturated heterocycles. The van der Waals surface area contributed by atoms with Crippen LogP contribution in [0.1, 0.15) is 39.8 Å². The molecule has 7 nitrogen and oxygen atoms in total. The number of amides is 1. The van der Waals surface area contributed by atoms with Gasteiger partial charge in [0.2, 0.25) is 0 Å². The molecule has 5 rings (SSSR count). The molecule has 1 aliphatic rings. The van der Waals surface area contributed by atoms with Gasteiger partial charge in [0.05, 0.1) is 22.8 Å². The Balaban J connectivity index is 1.40. The fraction of sp³-hybridized carbons (Fsp3) is 0.138. The number of hydrogen-bond acceptors (Lipinski definition) is 5. The summed E-state index contributed by atoms with van der Waals surface area (Å²) in [4.78, 5) is 33.7. The van der Waals surface area contributed by atoms with Crippen LogP contribution in [0.2, 0.25) is 0 Å². The molecule has 1 aliphatic carbocycles. The minimum atomic E-state index is -0.757. The molecule has 1 amide bonds. The molecule has 37 heavy (non-hydrogen) atoms. The number of hydrogen-bond donors (Lipinski definition) is 4. The maximum Gasteiger partial charge on any atom is 0.253 e. The van der Waals surface area contributed by atoms with Crippen molar-refractivity contribution in [3.8, 4) is 0 Å². The summed E-state index contributed by atoms with van der Waals surface area (Å²) in [5.74, 6) is -0.449. The highest BCUT2D eigenvalue weighted by atomic mass is 19.1. The molecule has 3 aromatic carbocycles. The number of aromatic nitrogens is 2. The van der Waals surface area contributed by atoms with E-state index in [1.807, 2.05) is 30.3 Å². The van der Waals surface area contributed by atoms with Crippen molar-refractivity contribution >= 4 is 28.3 Å². The van der Waals surface area contributed by atoms with Crippen LogP contribution in [0.4, 0.5) is 4.39 Å². The van der Waals surface area contributed by atoms with Crippen molar-refractivity contribution < 1.29 is 19.1 Å². The minimum absolute atomic E-state index is 0.124. The lowest BCUT2D eigenvalue weighted by molar-refractivity contribution is -0.113. The first-order valence-corrected chi connectivity index (χ1v) is 11.9. The van der Waals surface area contributed by atoms with Crippen LogP contribution < -0.4 is 10.6 Å². The number of aromatic amines is 1. The standard InChI is InChI=1S/C29H25FN4O3/c30-20-14-12-18(13-15-20)16-32-29(37)21-8-4-10-23-27(21)34-28(33-23)26-22(9-5-11-24(26)35)31-17-25(36)19-6-2-1-3-7-19/h1-10,12-15,25,31,36H,11,16-17H2,(H,32,37)(H,33,34)/t25-/m1/s1. The highest BCUT2D eigenvalue weighted by Gasteiger charge is 2.24. The molecule has 4 aromatic rings. The third-order valence-electron chi connectivity index (χ3n) is 6.17. The average molecular weight is 497 g/mol. The largest absolute Gasteiger partial charge is 0.387 e. The number of carbonyl (C=O) groups excluding carboxylic acids is 2. The van der Waals surface area contributed by atoms with E-state index in [0.717, 1.165) is 11.1 Å². The van der Waals surface area contributed by atoms with E-state index in [1.54, 1.807) is 42.5 Å². The lowest BCUT2D eigenvalue weighted by Crippen LogP contribution is -2.24. The average Bonchev–Trinajstić information content (AvgIpc) is 3.35. The van der Waals surface area contributed by atoms with Crippen LogP contribution in [0.5, 0.6) is 0 Å². The van der Waals surface area contributed by atoms with E-state index in [0.29, 0.717) is 33.7 Å². The van der Waals surface area contributed by atoms with Gasteiger partial charge in [-0.05, 0) is 41.5 Å². The van der Waals surface area contributed by atoms with Gasteiger partial charge < -0.3 is 20.7 Å². The van der Waals surface area contributed by atoms with E-state index in [1.165, 1.54) is 12.1 Å². The van der Waals surface area contributed by atoms with E-state index in [4.69, 9.17) is 0 Å². The van der Waals surface area contributed by atoms with Gasteiger partial charge in [-0.2, -0.15) is 0 Å². The number of carbonyl (C=O) groups is 2. The van der Waals surface area contributed by atoms with Crippen molar-refractivity contribution in [1.29, 1.82) is 0 Å². The summed E-state index contributed by atoms with van der Waals surface area (Å²) in [6.07, 6.45) is 3.04. The van der Waals surface area contributed by atoms with Crippen LogP contribution in [0.3, 0.4) is 0 Å². The second-order valence-corrected chi connectivity index (χ2v) is 8.72. The Morgan fingerprint density at radius 3 is 2.62 bits per heavy atom. The van der Waals surface area contributed by atoms with Crippen LogP contribution in [0.15, 0.2) is 90.6 Å². The first kappa shape index (κ1) is 24.1. The van der Waals surface area contributed by atoms with Crippen molar-refractivity contribution in [2.45, 2.75) is 19.1 Å². The van der Waals surface area contributed by atoms with E-state index < -0.39 is 6.10 Å². The lowest BCUT2D eigenvalue weighted by atomic mass is 9.99. The van der Waals surface area contributed by atoms with Crippen molar-refractivity contribution in [3.63, 3.8) is 0 Å². The number of Topliss-reactive ketones (excluding diaryl/α,β-unsaturated/α-hetero) is 1. The molecule has 0 radical (unpaired) electrons. The van der Waals surface area contributed by atoms with E-state index >= 15 is 0 Å². The fourth-order valence-corrected chi connectivity index (χ4v) is 4.24. The molecule has 0 fully saturated rings. The number of para-hydroxylation sites is 1. The van der Waals surface area contributed by atoms with E-state index in [-0.39, 0.29) is 37.0 Å². The number of nitrogens with zero attached hydrogens (tertiary/aromatic N) is 1. The third kappa shape index (κ3) is 5.34. The molecule has 0 bridgehead atoms.